The highest BCUT2D eigenvalue weighted by molar-refractivity contribution is 6.06. The summed E-state index contributed by atoms with van der Waals surface area (Å²) in [4.78, 5) is 51.6. The molecule has 12 heteroatoms. The molecule has 2 heterocycles. The highest BCUT2D eigenvalue weighted by Gasteiger charge is 2.47. The zero-order chi connectivity index (χ0) is 24.9. The minimum Gasteiger partial charge on any atom is -0.269 e. The lowest BCUT2D eigenvalue weighted by Gasteiger charge is -2.18. The maximum absolute atomic E-state index is 14.1. The third-order valence-corrected chi connectivity index (χ3v) is 5.08. The van der Waals surface area contributed by atoms with E-state index in [-0.39, 0.29) is 9.13 Å². The molecule has 3 rings (SSSR count). The number of hydrogen-bond acceptors (Lipinski definition) is 4. The van der Waals surface area contributed by atoms with E-state index in [0.29, 0.717) is 0 Å². The standard InChI is InChI=1S/C20H18F6N2O4/c1-17(2,3)27-13(29)7-8(14(27)30)12(20(24,25)26)10-9(11(7)19(21,22)23)15(31)28(16(10)32)18(4,5)6/h1-6H3. The molecule has 32 heavy (non-hydrogen) atoms. The summed E-state index contributed by atoms with van der Waals surface area (Å²) < 4.78 is 85.3. The van der Waals surface area contributed by atoms with Crippen molar-refractivity contribution in [1.82, 2.24) is 9.13 Å². The van der Waals surface area contributed by atoms with Gasteiger partial charge in [-0.2, -0.15) is 26.3 Å². The summed E-state index contributed by atoms with van der Waals surface area (Å²) in [6.45, 7) is 7.50. The molecule has 0 amide bonds. The molecule has 1 aromatic carbocycles. The molecule has 0 N–H and O–H groups in total. The Morgan fingerprint density at radius 2 is 0.656 bits per heavy atom. The van der Waals surface area contributed by atoms with Crippen LogP contribution in [0.3, 0.4) is 0 Å². The molecule has 0 aliphatic carbocycles. The van der Waals surface area contributed by atoms with Crippen LogP contribution in [0.5, 0.6) is 0 Å². The Labute approximate surface area is 175 Å². The zero-order valence-corrected chi connectivity index (χ0v) is 17.8. The average molecular weight is 464 g/mol. The molecule has 174 valence electrons. The predicted molar refractivity (Wildman–Crippen MR) is 105 cm³/mol. The van der Waals surface area contributed by atoms with E-state index in [9.17, 15) is 45.5 Å². The van der Waals surface area contributed by atoms with E-state index in [1.165, 1.54) is 41.5 Å². The Kier molecular flexibility index (Phi) is 4.69. The molecular weight excluding hydrogens is 446 g/mol. The van der Waals surface area contributed by atoms with Crippen LogP contribution in [-0.4, -0.2) is 9.13 Å². The Morgan fingerprint density at radius 1 is 0.469 bits per heavy atom. The largest absolute Gasteiger partial charge is 0.418 e. The number of alkyl halides is 6. The number of hydrogen-bond donors (Lipinski definition) is 0. The minimum absolute atomic E-state index is 0.272. The lowest BCUT2D eigenvalue weighted by molar-refractivity contribution is -0.137. The van der Waals surface area contributed by atoms with E-state index in [4.69, 9.17) is 0 Å². The quantitative estimate of drug-likeness (QED) is 0.478. The van der Waals surface area contributed by atoms with Gasteiger partial charge >= 0.3 is 12.4 Å². The van der Waals surface area contributed by atoms with Crippen molar-refractivity contribution in [2.24, 2.45) is 0 Å². The number of nitrogens with zero attached hydrogens (tertiary/aromatic N) is 2. The summed E-state index contributed by atoms with van der Waals surface area (Å²) in [6.07, 6.45) is -11.0. The molecule has 0 radical (unpaired) electrons. The first-order valence-corrected chi connectivity index (χ1v) is 9.29. The normalized spacial score (nSPS) is 14.1. The monoisotopic (exact) mass is 464 g/mol. The van der Waals surface area contributed by atoms with Gasteiger partial charge in [0.25, 0.3) is 22.2 Å². The summed E-state index contributed by atoms with van der Waals surface area (Å²) in [6, 6.07) is 0. The average Bonchev–Trinajstić information content (AvgIpc) is 2.94. The third-order valence-electron chi connectivity index (χ3n) is 5.08. The van der Waals surface area contributed by atoms with Crippen LogP contribution in [0.25, 0.3) is 21.5 Å². The van der Waals surface area contributed by atoms with Crippen molar-refractivity contribution in [3.05, 3.63) is 52.5 Å². The van der Waals surface area contributed by atoms with Crippen LogP contribution in [-0.2, 0) is 23.4 Å². The molecule has 0 fully saturated rings. The second-order valence-electron chi connectivity index (χ2n) is 9.48. The number of fused-ring (bicyclic) bond motifs is 2. The molecule has 0 aliphatic heterocycles. The van der Waals surface area contributed by atoms with Gasteiger partial charge in [-0.05, 0) is 41.5 Å². The second-order valence-corrected chi connectivity index (χ2v) is 9.48. The highest BCUT2D eigenvalue weighted by Crippen LogP contribution is 2.44. The van der Waals surface area contributed by atoms with Crippen molar-refractivity contribution in [3.8, 4) is 0 Å². The number of aromatic nitrogens is 2. The van der Waals surface area contributed by atoms with Crippen molar-refractivity contribution < 1.29 is 26.3 Å². The molecule has 0 saturated heterocycles. The molecule has 3 aromatic rings. The summed E-state index contributed by atoms with van der Waals surface area (Å²) in [5.41, 5.74) is -13.4. The van der Waals surface area contributed by atoms with Crippen molar-refractivity contribution in [1.29, 1.82) is 0 Å². The molecule has 0 atom stereocenters. The van der Waals surface area contributed by atoms with Crippen molar-refractivity contribution in [2.45, 2.75) is 65.0 Å². The Bertz CT molecular complexity index is 1290. The maximum Gasteiger partial charge on any atom is 0.418 e. The van der Waals surface area contributed by atoms with Crippen molar-refractivity contribution in [3.63, 3.8) is 0 Å². The van der Waals surface area contributed by atoms with Gasteiger partial charge in [0.1, 0.15) is 0 Å². The van der Waals surface area contributed by atoms with E-state index in [2.05, 4.69) is 0 Å². The first kappa shape index (κ1) is 23.7. The van der Waals surface area contributed by atoms with Gasteiger partial charge in [0.15, 0.2) is 0 Å². The smallest absolute Gasteiger partial charge is 0.269 e. The molecule has 0 aliphatic rings. The van der Waals surface area contributed by atoms with Crippen LogP contribution in [0.1, 0.15) is 52.7 Å². The van der Waals surface area contributed by atoms with Crippen LogP contribution in [0.2, 0.25) is 0 Å². The third kappa shape index (κ3) is 3.10. The minimum atomic E-state index is -5.51. The fraction of sp³-hybridized carbons (Fsp3) is 0.500. The van der Waals surface area contributed by atoms with Crippen LogP contribution < -0.4 is 22.2 Å². The molecule has 0 unspecified atom stereocenters. The molecule has 0 saturated carbocycles. The van der Waals surface area contributed by atoms with Crippen LogP contribution in [0.15, 0.2) is 19.2 Å². The van der Waals surface area contributed by atoms with Gasteiger partial charge in [0.2, 0.25) is 0 Å². The predicted octanol–water partition coefficient (Wildman–Crippen LogP) is 3.46. The van der Waals surface area contributed by atoms with E-state index >= 15 is 0 Å². The van der Waals surface area contributed by atoms with E-state index < -0.39 is 78.3 Å². The number of halogens is 6. The fourth-order valence-electron chi connectivity index (χ4n) is 4.02. The van der Waals surface area contributed by atoms with Gasteiger partial charge in [0, 0.05) is 11.1 Å². The first-order valence-electron chi connectivity index (χ1n) is 9.29. The van der Waals surface area contributed by atoms with Gasteiger partial charge in [-0.25, -0.2) is 0 Å². The van der Waals surface area contributed by atoms with Crippen molar-refractivity contribution in [2.75, 3.05) is 0 Å². The van der Waals surface area contributed by atoms with Gasteiger partial charge in [-0.1, -0.05) is 0 Å². The fourth-order valence-corrected chi connectivity index (χ4v) is 4.02. The maximum atomic E-state index is 14.1. The molecule has 0 bridgehead atoms. The lowest BCUT2D eigenvalue weighted by atomic mass is 9.96. The Balaban J connectivity index is 2.98. The summed E-state index contributed by atoms with van der Waals surface area (Å²) in [7, 11) is 0. The molecule has 2 aromatic heterocycles. The van der Waals surface area contributed by atoms with E-state index in [0.717, 1.165) is 0 Å². The second kappa shape index (κ2) is 6.32. The first-order chi connectivity index (χ1) is 14.1. The number of benzene rings is 1. The number of rotatable bonds is 0. The summed E-state index contributed by atoms with van der Waals surface area (Å²) >= 11 is 0. The van der Waals surface area contributed by atoms with Gasteiger partial charge < -0.3 is 0 Å². The highest BCUT2D eigenvalue weighted by atomic mass is 19.4. The van der Waals surface area contributed by atoms with Crippen LogP contribution >= 0.6 is 0 Å². The van der Waals surface area contributed by atoms with Crippen molar-refractivity contribution >= 4 is 21.5 Å². The molecule has 6 nitrogen and oxygen atoms in total. The van der Waals surface area contributed by atoms with Crippen LogP contribution in [0.4, 0.5) is 26.3 Å². The Hall–Kier alpha value is -2.92. The van der Waals surface area contributed by atoms with Crippen LogP contribution in [0, 0.1) is 0 Å². The summed E-state index contributed by atoms with van der Waals surface area (Å²) in [5, 5.41) is -6.28. The Morgan fingerprint density at radius 3 is 0.781 bits per heavy atom. The van der Waals surface area contributed by atoms with E-state index in [1.807, 2.05) is 0 Å². The SMILES string of the molecule is CC(C)(C)n1c(=O)c2c(C(F)(F)F)c3c(=O)n(C(C)(C)C)c(=O)c3c(C(F)(F)F)c2c1=O. The van der Waals surface area contributed by atoms with Gasteiger partial charge in [-0.15, -0.1) is 0 Å². The lowest BCUT2D eigenvalue weighted by Crippen LogP contribution is -2.39. The zero-order valence-electron chi connectivity index (χ0n) is 17.8. The molecular formula is C20H18F6N2O4. The topological polar surface area (TPSA) is 78.1 Å². The summed E-state index contributed by atoms with van der Waals surface area (Å²) in [5.74, 6) is 0. The van der Waals surface area contributed by atoms with Gasteiger partial charge in [0.05, 0.1) is 32.7 Å². The van der Waals surface area contributed by atoms with E-state index in [1.54, 1.807) is 0 Å². The van der Waals surface area contributed by atoms with Gasteiger partial charge in [-0.3, -0.25) is 28.3 Å². The molecule has 0 spiro atoms.